The molecule has 1 saturated heterocycles. The first-order chi connectivity index (χ1) is 10.2. The summed E-state index contributed by atoms with van der Waals surface area (Å²) < 4.78 is 0. The number of benzene rings is 1. The molecule has 0 spiro atoms. The van der Waals surface area contributed by atoms with E-state index in [4.69, 9.17) is 0 Å². The van der Waals surface area contributed by atoms with Gasteiger partial charge in [0.25, 0.3) is 0 Å². The second kappa shape index (κ2) is 7.95. The first-order valence-corrected chi connectivity index (χ1v) is 8.67. The summed E-state index contributed by atoms with van der Waals surface area (Å²) in [5, 5.41) is 3.53. The summed E-state index contributed by atoms with van der Waals surface area (Å²) >= 11 is 0. The molecule has 1 heterocycles. The predicted octanol–water partition coefficient (Wildman–Crippen LogP) is 4.20. The van der Waals surface area contributed by atoms with Crippen LogP contribution < -0.4 is 5.32 Å². The molecule has 0 bridgehead atoms. The van der Waals surface area contributed by atoms with E-state index in [9.17, 15) is 0 Å². The Hall–Kier alpha value is -0.860. The Kier molecular flexibility index (Phi) is 6.25. The van der Waals surface area contributed by atoms with E-state index in [0.29, 0.717) is 5.41 Å². The topological polar surface area (TPSA) is 15.3 Å². The number of likely N-dealkylation sites (tertiary alicyclic amines) is 1. The zero-order valence-corrected chi connectivity index (χ0v) is 14.1. The number of piperidine rings is 1. The summed E-state index contributed by atoms with van der Waals surface area (Å²) in [7, 11) is 0. The molecule has 118 valence electrons. The summed E-state index contributed by atoms with van der Waals surface area (Å²) in [6.45, 7) is 12.7. The van der Waals surface area contributed by atoms with Gasteiger partial charge in [-0.25, -0.2) is 0 Å². The minimum absolute atomic E-state index is 0.582. The van der Waals surface area contributed by atoms with E-state index in [0.717, 1.165) is 19.6 Å². The Morgan fingerprint density at radius 2 is 1.76 bits per heavy atom. The average Bonchev–Trinajstić information content (AvgIpc) is 2.52. The van der Waals surface area contributed by atoms with Gasteiger partial charge in [-0.3, -0.25) is 4.90 Å². The van der Waals surface area contributed by atoms with Gasteiger partial charge in [-0.2, -0.15) is 0 Å². The molecule has 0 amide bonds. The third-order valence-corrected chi connectivity index (χ3v) is 5.17. The second-order valence-corrected chi connectivity index (χ2v) is 6.89. The smallest absolute Gasteiger partial charge is 0.0236 e. The lowest BCUT2D eigenvalue weighted by atomic mass is 9.78. The molecule has 1 aromatic rings. The lowest BCUT2D eigenvalue weighted by Gasteiger charge is -2.39. The minimum Gasteiger partial charge on any atom is -0.313 e. The molecular weight excluding hydrogens is 256 g/mol. The molecule has 1 aliphatic heterocycles. The summed E-state index contributed by atoms with van der Waals surface area (Å²) in [5.41, 5.74) is 3.55. The number of nitrogens with one attached hydrogen (secondary N) is 1. The van der Waals surface area contributed by atoms with Crippen LogP contribution in [0, 0.1) is 5.41 Å². The molecule has 2 rings (SSSR count). The van der Waals surface area contributed by atoms with Crippen molar-refractivity contribution in [3.8, 4) is 0 Å². The van der Waals surface area contributed by atoms with Gasteiger partial charge in [0.15, 0.2) is 0 Å². The van der Waals surface area contributed by atoms with Crippen molar-refractivity contribution in [2.24, 2.45) is 5.41 Å². The zero-order valence-electron chi connectivity index (χ0n) is 14.1. The monoisotopic (exact) mass is 288 g/mol. The van der Waals surface area contributed by atoms with E-state index in [2.05, 4.69) is 55.3 Å². The average molecular weight is 288 g/mol. The van der Waals surface area contributed by atoms with E-state index in [-0.39, 0.29) is 0 Å². The van der Waals surface area contributed by atoms with Crippen LogP contribution in [-0.4, -0.2) is 24.5 Å². The maximum Gasteiger partial charge on any atom is 0.0236 e. The maximum atomic E-state index is 3.53. The molecule has 0 aliphatic carbocycles. The fourth-order valence-corrected chi connectivity index (χ4v) is 3.13. The minimum atomic E-state index is 0.582. The molecule has 0 saturated carbocycles. The van der Waals surface area contributed by atoms with Crippen LogP contribution in [0.1, 0.15) is 57.6 Å². The lowest BCUT2D eigenvalue weighted by molar-refractivity contribution is 0.109. The first kappa shape index (κ1) is 16.5. The highest BCUT2D eigenvalue weighted by Crippen LogP contribution is 2.34. The molecule has 1 N–H and O–H groups in total. The Morgan fingerprint density at radius 3 is 2.38 bits per heavy atom. The molecule has 0 radical (unpaired) electrons. The van der Waals surface area contributed by atoms with Crippen molar-refractivity contribution in [3.05, 3.63) is 35.4 Å². The molecular formula is C19H32N2. The summed E-state index contributed by atoms with van der Waals surface area (Å²) in [5.74, 6) is 0. The Morgan fingerprint density at radius 1 is 1.10 bits per heavy atom. The predicted molar refractivity (Wildman–Crippen MR) is 91.3 cm³/mol. The van der Waals surface area contributed by atoms with Crippen molar-refractivity contribution >= 4 is 0 Å². The van der Waals surface area contributed by atoms with E-state index in [1.54, 1.807) is 0 Å². The molecule has 0 atom stereocenters. The van der Waals surface area contributed by atoms with Crippen molar-refractivity contribution in [3.63, 3.8) is 0 Å². The van der Waals surface area contributed by atoms with Gasteiger partial charge >= 0.3 is 0 Å². The third-order valence-electron chi connectivity index (χ3n) is 5.17. The highest BCUT2D eigenvalue weighted by atomic mass is 15.1. The van der Waals surface area contributed by atoms with Gasteiger partial charge in [0.05, 0.1) is 0 Å². The van der Waals surface area contributed by atoms with Crippen LogP contribution in [-0.2, 0) is 13.1 Å². The molecule has 21 heavy (non-hydrogen) atoms. The van der Waals surface area contributed by atoms with Crippen LogP contribution in [0.4, 0.5) is 0 Å². The van der Waals surface area contributed by atoms with Crippen LogP contribution in [0.5, 0.6) is 0 Å². The third kappa shape index (κ3) is 4.82. The maximum absolute atomic E-state index is 3.53. The largest absolute Gasteiger partial charge is 0.313 e. The van der Waals surface area contributed by atoms with Crippen LogP contribution >= 0.6 is 0 Å². The second-order valence-electron chi connectivity index (χ2n) is 6.89. The van der Waals surface area contributed by atoms with Crippen molar-refractivity contribution in [2.75, 3.05) is 19.6 Å². The van der Waals surface area contributed by atoms with Crippen LogP contribution in [0.3, 0.4) is 0 Å². The first-order valence-electron chi connectivity index (χ1n) is 8.67. The van der Waals surface area contributed by atoms with E-state index < -0.39 is 0 Å². The van der Waals surface area contributed by atoms with Crippen molar-refractivity contribution < 1.29 is 0 Å². The molecule has 1 aliphatic rings. The highest BCUT2D eigenvalue weighted by Gasteiger charge is 2.28. The van der Waals surface area contributed by atoms with Crippen molar-refractivity contribution in [2.45, 2.75) is 59.5 Å². The summed E-state index contributed by atoms with van der Waals surface area (Å²) in [6, 6.07) is 8.92. The molecule has 2 nitrogen and oxygen atoms in total. The van der Waals surface area contributed by atoms with Gasteiger partial charge in [0, 0.05) is 13.1 Å². The van der Waals surface area contributed by atoms with Crippen LogP contribution in [0.25, 0.3) is 0 Å². The molecule has 0 unspecified atom stereocenters. The van der Waals surface area contributed by atoms with E-state index in [1.165, 1.54) is 49.9 Å². The summed E-state index contributed by atoms with van der Waals surface area (Å²) in [6.07, 6.45) is 5.21. The Labute approximate surface area is 130 Å². The Bertz CT molecular complexity index is 419. The van der Waals surface area contributed by atoms with Gasteiger partial charge in [-0.15, -0.1) is 0 Å². The van der Waals surface area contributed by atoms with Gasteiger partial charge in [0.2, 0.25) is 0 Å². The zero-order chi connectivity index (χ0) is 15.1. The van der Waals surface area contributed by atoms with Gasteiger partial charge in [-0.1, -0.05) is 51.5 Å². The Balaban J connectivity index is 1.91. The lowest BCUT2D eigenvalue weighted by Crippen LogP contribution is -2.38. The fourth-order valence-electron chi connectivity index (χ4n) is 3.13. The van der Waals surface area contributed by atoms with Crippen molar-refractivity contribution in [1.29, 1.82) is 0 Å². The van der Waals surface area contributed by atoms with E-state index >= 15 is 0 Å². The van der Waals surface area contributed by atoms with Crippen molar-refractivity contribution in [1.82, 2.24) is 10.2 Å². The fraction of sp³-hybridized carbons (Fsp3) is 0.684. The molecule has 0 aromatic heterocycles. The molecule has 1 aromatic carbocycles. The highest BCUT2D eigenvalue weighted by molar-refractivity contribution is 5.27. The number of rotatable bonds is 7. The molecule has 1 fully saturated rings. The summed E-state index contributed by atoms with van der Waals surface area (Å²) in [4.78, 5) is 2.63. The SMILES string of the molecule is CCCNCc1ccccc1CN1CCC(C)(CC)CC1. The standard InChI is InChI=1S/C19H32N2/c1-4-12-20-15-17-8-6-7-9-18(17)16-21-13-10-19(3,5-2)11-14-21/h6-9,20H,4-5,10-16H2,1-3H3. The number of nitrogens with zero attached hydrogens (tertiary/aromatic N) is 1. The molecule has 2 heteroatoms. The van der Waals surface area contributed by atoms with Gasteiger partial charge < -0.3 is 5.32 Å². The quantitative estimate of drug-likeness (QED) is 0.757. The van der Waals surface area contributed by atoms with Crippen LogP contribution in [0.15, 0.2) is 24.3 Å². The van der Waals surface area contributed by atoms with E-state index in [1.807, 2.05) is 0 Å². The normalized spacial score (nSPS) is 18.8. The van der Waals surface area contributed by atoms with Crippen LogP contribution in [0.2, 0.25) is 0 Å². The van der Waals surface area contributed by atoms with Gasteiger partial charge in [0.1, 0.15) is 0 Å². The van der Waals surface area contributed by atoms with Gasteiger partial charge in [-0.05, 0) is 55.4 Å². The number of hydrogen-bond donors (Lipinski definition) is 1. The number of hydrogen-bond acceptors (Lipinski definition) is 2.